The van der Waals surface area contributed by atoms with Crippen molar-refractivity contribution in [3.63, 3.8) is 0 Å². The van der Waals surface area contributed by atoms with Crippen molar-refractivity contribution in [2.75, 3.05) is 0 Å². The summed E-state index contributed by atoms with van der Waals surface area (Å²) < 4.78 is 44.8. The summed E-state index contributed by atoms with van der Waals surface area (Å²) in [7, 11) is 0. The maximum atomic E-state index is 12.6. The van der Waals surface area contributed by atoms with Crippen LogP contribution in [0.15, 0.2) is 12.3 Å². The van der Waals surface area contributed by atoms with Gasteiger partial charge in [0.25, 0.3) is 0 Å². The first-order valence-corrected chi connectivity index (χ1v) is 3.06. The van der Waals surface area contributed by atoms with Crippen LogP contribution < -0.4 is 0 Å². The van der Waals surface area contributed by atoms with Gasteiger partial charge in [-0.1, -0.05) is 0 Å². The summed E-state index contributed by atoms with van der Waals surface area (Å²) in [6.45, 7) is 0. The maximum absolute atomic E-state index is 12.6. The molecule has 1 aliphatic heterocycles. The summed E-state index contributed by atoms with van der Waals surface area (Å²) in [6.07, 6.45) is -1.32. The molecule has 1 aliphatic rings. The molecule has 1 heterocycles. The molecule has 0 fully saturated rings. The average molecular weight is 203 g/mol. The van der Waals surface area contributed by atoms with E-state index in [1.165, 1.54) is 0 Å². The largest absolute Gasteiger partial charge is 0.517 e. The van der Waals surface area contributed by atoms with Gasteiger partial charge in [-0.25, -0.2) is 4.79 Å². The van der Waals surface area contributed by atoms with E-state index in [1.54, 1.807) is 0 Å². The second-order valence-electron chi connectivity index (χ2n) is 1.91. The van der Waals surface area contributed by atoms with Crippen molar-refractivity contribution >= 4 is 17.8 Å². The standard InChI is InChI=1S/C5H2ClF3O3/c6-5(9)4(7,8)1-2-11-3(10)12-5/h1-2H. The van der Waals surface area contributed by atoms with Crippen LogP contribution in [0.2, 0.25) is 0 Å². The Labute approximate surface area is 69.7 Å². The lowest BCUT2D eigenvalue weighted by Gasteiger charge is -2.21. The van der Waals surface area contributed by atoms with Crippen LogP contribution in [-0.4, -0.2) is 17.4 Å². The lowest BCUT2D eigenvalue weighted by molar-refractivity contribution is -0.173. The van der Waals surface area contributed by atoms with Crippen LogP contribution in [0.4, 0.5) is 18.0 Å². The smallest absolute Gasteiger partial charge is 0.403 e. The Kier molecular flexibility index (Phi) is 1.95. The third kappa shape index (κ3) is 1.47. The predicted octanol–water partition coefficient (Wildman–Crippen LogP) is 2.16. The van der Waals surface area contributed by atoms with Crippen molar-refractivity contribution in [3.05, 3.63) is 12.3 Å². The summed E-state index contributed by atoms with van der Waals surface area (Å²) in [6, 6.07) is 0. The molecular formula is C5H2ClF3O3. The van der Waals surface area contributed by atoms with Crippen LogP contribution >= 0.6 is 11.6 Å². The zero-order valence-corrected chi connectivity index (χ0v) is 6.15. The summed E-state index contributed by atoms with van der Waals surface area (Å²) in [5, 5.41) is -3.89. The number of carbonyl (C=O) groups excluding carboxylic acids is 1. The first kappa shape index (κ1) is 9.18. The third-order valence-corrected chi connectivity index (χ3v) is 1.37. The first-order chi connectivity index (χ1) is 5.35. The van der Waals surface area contributed by atoms with E-state index in [0.717, 1.165) is 0 Å². The fraction of sp³-hybridized carbons (Fsp3) is 0.400. The second-order valence-corrected chi connectivity index (χ2v) is 2.40. The van der Waals surface area contributed by atoms with Crippen LogP contribution in [-0.2, 0) is 9.47 Å². The van der Waals surface area contributed by atoms with Crippen LogP contribution in [0.1, 0.15) is 0 Å². The highest BCUT2D eigenvalue weighted by Crippen LogP contribution is 2.40. The van der Waals surface area contributed by atoms with Gasteiger partial charge in [0, 0.05) is 6.08 Å². The molecule has 1 rings (SSSR count). The second kappa shape index (κ2) is 2.55. The zero-order chi connectivity index (χ0) is 9.41. The molecule has 0 bridgehead atoms. The molecule has 3 nitrogen and oxygen atoms in total. The summed E-state index contributed by atoms with van der Waals surface area (Å²) in [5.74, 6) is -4.11. The quantitative estimate of drug-likeness (QED) is 0.446. The molecule has 7 heteroatoms. The van der Waals surface area contributed by atoms with Crippen molar-refractivity contribution in [3.8, 4) is 0 Å². The summed E-state index contributed by atoms with van der Waals surface area (Å²) in [4.78, 5) is 10.2. The molecule has 0 spiro atoms. The number of carbonyl (C=O) groups is 1. The molecule has 68 valence electrons. The van der Waals surface area contributed by atoms with Crippen LogP contribution in [0.5, 0.6) is 0 Å². The highest BCUT2D eigenvalue weighted by Gasteiger charge is 2.57. The first-order valence-electron chi connectivity index (χ1n) is 2.68. The molecule has 0 aromatic rings. The van der Waals surface area contributed by atoms with E-state index in [1.807, 2.05) is 0 Å². The van der Waals surface area contributed by atoms with Crippen LogP contribution in [0.25, 0.3) is 0 Å². The number of hydrogen-bond acceptors (Lipinski definition) is 3. The normalized spacial score (nSPS) is 33.5. The molecule has 12 heavy (non-hydrogen) atoms. The SMILES string of the molecule is O=C1OC=CC(F)(F)C(F)(Cl)O1. The number of rotatable bonds is 0. The molecule has 0 saturated heterocycles. The Balaban J connectivity index is 2.97. The van der Waals surface area contributed by atoms with Crippen LogP contribution in [0, 0.1) is 0 Å². The van der Waals surface area contributed by atoms with Gasteiger partial charge in [0.05, 0.1) is 0 Å². The van der Waals surface area contributed by atoms with Gasteiger partial charge >= 0.3 is 17.4 Å². The third-order valence-electron chi connectivity index (χ3n) is 1.04. The Hall–Kier alpha value is -0.910. The Morgan fingerprint density at radius 2 is 2.00 bits per heavy atom. The van der Waals surface area contributed by atoms with Crippen molar-refractivity contribution in [2.24, 2.45) is 0 Å². The fourth-order valence-electron chi connectivity index (χ4n) is 0.469. The summed E-state index contributed by atoms with van der Waals surface area (Å²) >= 11 is 4.57. The van der Waals surface area contributed by atoms with Gasteiger partial charge in [-0.3, -0.25) is 0 Å². The number of ether oxygens (including phenoxy) is 2. The molecule has 0 saturated carbocycles. The van der Waals surface area contributed by atoms with Gasteiger partial charge in [-0.2, -0.15) is 13.2 Å². The maximum Gasteiger partial charge on any atom is 0.517 e. The monoisotopic (exact) mass is 202 g/mol. The van der Waals surface area contributed by atoms with Crippen molar-refractivity contribution in [1.29, 1.82) is 0 Å². The van der Waals surface area contributed by atoms with Gasteiger partial charge in [0.1, 0.15) is 6.26 Å². The average Bonchev–Trinajstić information content (AvgIpc) is 1.90. The van der Waals surface area contributed by atoms with E-state index in [4.69, 9.17) is 0 Å². The van der Waals surface area contributed by atoms with Gasteiger partial charge in [-0.15, -0.1) is 0 Å². The van der Waals surface area contributed by atoms with Gasteiger partial charge < -0.3 is 9.47 Å². The van der Waals surface area contributed by atoms with Crippen molar-refractivity contribution in [1.82, 2.24) is 0 Å². The van der Waals surface area contributed by atoms with Gasteiger partial charge in [0.15, 0.2) is 0 Å². The molecule has 0 radical (unpaired) electrons. The van der Waals surface area contributed by atoms with E-state index in [2.05, 4.69) is 21.1 Å². The molecule has 0 aromatic carbocycles. The Bertz CT molecular complexity index is 238. The topological polar surface area (TPSA) is 35.5 Å². The highest BCUT2D eigenvalue weighted by atomic mass is 35.5. The lowest BCUT2D eigenvalue weighted by Crippen LogP contribution is -2.40. The van der Waals surface area contributed by atoms with E-state index in [-0.39, 0.29) is 6.08 Å². The minimum absolute atomic E-state index is 0.00903. The number of halogens is 4. The van der Waals surface area contributed by atoms with Crippen molar-refractivity contribution < 1.29 is 27.4 Å². The molecular weight excluding hydrogens is 200 g/mol. The fourth-order valence-corrected chi connectivity index (χ4v) is 0.595. The number of alkyl halides is 4. The van der Waals surface area contributed by atoms with Crippen LogP contribution in [0.3, 0.4) is 0 Å². The number of cyclic esters (lactones) is 2. The van der Waals surface area contributed by atoms with E-state index < -0.39 is 17.4 Å². The lowest BCUT2D eigenvalue weighted by atomic mass is 10.3. The highest BCUT2D eigenvalue weighted by molar-refractivity contribution is 6.23. The Morgan fingerprint density at radius 1 is 1.42 bits per heavy atom. The molecule has 1 atom stereocenters. The van der Waals surface area contributed by atoms with E-state index in [0.29, 0.717) is 6.26 Å². The molecule has 0 amide bonds. The summed E-state index contributed by atoms with van der Waals surface area (Å²) in [5.41, 5.74) is 0. The number of hydrogen-bond donors (Lipinski definition) is 0. The van der Waals surface area contributed by atoms with E-state index >= 15 is 0 Å². The molecule has 0 aliphatic carbocycles. The molecule has 1 unspecified atom stereocenters. The van der Waals surface area contributed by atoms with Gasteiger partial charge in [0.2, 0.25) is 0 Å². The minimum atomic E-state index is -4.11. The molecule has 0 aromatic heterocycles. The Morgan fingerprint density at radius 3 is 2.58 bits per heavy atom. The predicted molar refractivity (Wildman–Crippen MR) is 31.3 cm³/mol. The minimum Gasteiger partial charge on any atom is -0.403 e. The zero-order valence-electron chi connectivity index (χ0n) is 5.39. The van der Waals surface area contributed by atoms with E-state index in [9.17, 15) is 18.0 Å². The van der Waals surface area contributed by atoms with Gasteiger partial charge in [-0.05, 0) is 11.6 Å². The van der Waals surface area contributed by atoms with Crippen molar-refractivity contribution in [2.45, 2.75) is 11.2 Å². The molecule has 0 N–H and O–H groups in total.